The number of hydrogen-bond donors (Lipinski definition) is 1. The van der Waals surface area contributed by atoms with Crippen molar-refractivity contribution in [2.45, 2.75) is 58.6 Å². The minimum absolute atomic E-state index is 0.117. The molecule has 2 rings (SSSR count). The Balaban J connectivity index is 1.92. The lowest BCUT2D eigenvalue weighted by Gasteiger charge is -2.27. The molecule has 2 aromatic rings. The molecule has 0 spiro atoms. The Hall–Kier alpha value is -2.19. The van der Waals surface area contributed by atoms with Gasteiger partial charge in [-0.05, 0) is 57.7 Å². The monoisotopic (exact) mass is 563 g/mol. The van der Waals surface area contributed by atoms with Crippen molar-refractivity contribution >= 4 is 38.1 Å². The Kier molecular flexibility index (Phi) is 10.3. The van der Waals surface area contributed by atoms with E-state index in [2.05, 4.69) is 9.71 Å². The summed E-state index contributed by atoms with van der Waals surface area (Å²) in [6.07, 6.45) is 4.15. The predicted molar refractivity (Wildman–Crippen MR) is 138 cm³/mol. The van der Waals surface area contributed by atoms with Crippen LogP contribution in [0.3, 0.4) is 0 Å². The summed E-state index contributed by atoms with van der Waals surface area (Å²) in [6.45, 7) is 4.88. The zero-order valence-corrected chi connectivity index (χ0v) is 23.5. The van der Waals surface area contributed by atoms with E-state index < -0.39 is 32.1 Å². The highest BCUT2D eigenvalue weighted by Gasteiger charge is 2.31. The maximum atomic E-state index is 12.9. The van der Waals surface area contributed by atoms with Gasteiger partial charge in [-0.1, -0.05) is 30.2 Å². The second kappa shape index (κ2) is 12.4. The van der Waals surface area contributed by atoms with Gasteiger partial charge >= 0.3 is 26.5 Å². The number of carbonyl (C=O) groups is 1. The van der Waals surface area contributed by atoms with Crippen LogP contribution in [-0.4, -0.2) is 66.7 Å². The molecular weight excluding hydrogens is 530 g/mol. The van der Waals surface area contributed by atoms with Crippen LogP contribution in [0.4, 0.5) is 4.79 Å². The number of hydrogen-bond acceptors (Lipinski definition) is 7. The number of halogens is 1. The molecule has 0 aliphatic rings. The van der Waals surface area contributed by atoms with Crippen molar-refractivity contribution in [3.05, 3.63) is 53.1 Å². The van der Waals surface area contributed by atoms with E-state index in [1.807, 2.05) is 0 Å². The third kappa shape index (κ3) is 9.04. The molecule has 1 N–H and O–H groups in total. The topological polar surface area (TPSA) is 131 Å². The van der Waals surface area contributed by atoms with Gasteiger partial charge in [0.15, 0.2) is 0 Å². The van der Waals surface area contributed by atoms with E-state index in [0.29, 0.717) is 46.3 Å². The third-order valence-corrected chi connectivity index (χ3v) is 8.20. The summed E-state index contributed by atoms with van der Waals surface area (Å²) in [5.74, 6) is 0. The predicted octanol–water partition coefficient (Wildman–Crippen LogP) is 3.18. The summed E-state index contributed by atoms with van der Waals surface area (Å²) < 4.78 is 60.7. The molecule has 0 aliphatic heterocycles. The molecule has 0 atom stereocenters. The largest absolute Gasteiger partial charge is 0.443 e. The molecule has 0 saturated heterocycles. The first-order valence-corrected chi connectivity index (χ1v) is 14.5. The zero-order valence-electron chi connectivity index (χ0n) is 21.1. The van der Waals surface area contributed by atoms with Gasteiger partial charge in [0.2, 0.25) is 0 Å². The molecule has 1 amide bonds. The molecule has 202 valence electrons. The number of unbranched alkanes of at least 4 members (excludes halogenated alkanes) is 2. The molecule has 1 heterocycles. The van der Waals surface area contributed by atoms with Crippen LogP contribution in [0.25, 0.3) is 0 Å². The number of ether oxygens (including phenoxy) is 1. The number of nitrogens with one attached hydrogen (secondary N) is 1. The number of aromatic nitrogens is 2. The molecule has 0 radical (unpaired) electrons. The first kappa shape index (κ1) is 30.0. The quantitative estimate of drug-likeness (QED) is 0.392. The first-order valence-electron chi connectivity index (χ1n) is 11.3. The van der Waals surface area contributed by atoms with Crippen molar-refractivity contribution in [3.8, 4) is 0 Å². The molecule has 0 bridgehead atoms. The van der Waals surface area contributed by atoms with Crippen molar-refractivity contribution < 1.29 is 26.4 Å². The van der Waals surface area contributed by atoms with Crippen LogP contribution in [0.2, 0.25) is 5.02 Å². The average molecular weight is 564 g/mol. The number of aryl methyl sites for hydroxylation is 1. The standard InChI is InChI=1S/C22H34ClN5O6S2/c1-22(2,3)34-21(29)28(15-18-10-12-19(23)13-11-18)35(30,31)25-14-8-6-7-9-20-16-27(17-24-20)36(32,33)26(4)5/h10-13,16-17,25H,6-9,14-15H2,1-5H3. The van der Waals surface area contributed by atoms with Gasteiger partial charge in [-0.2, -0.15) is 30.2 Å². The fourth-order valence-electron chi connectivity index (χ4n) is 2.99. The van der Waals surface area contributed by atoms with E-state index in [1.54, 1.807) is 45.0 Å². The molecule has 0 aliphatic carbocycles. The molecule has 11 nitrogen and oxygen atoms in total. The van der Waals surface area contributed by atoms with Gasteiger partial charge in [0.1, 0.15) is 11.9 Å². The molecule has 1 aromatic carbocycles. The Morgan fingerprint density at radius 2 is 1.72 bits per heavy atom. The Morgan fingerprint density at radius 3 is 2.31 bits per heavy atom. The van der Waals surface area contributed by atoms with Crippen LogP contribution in [0.15, 0.2) is 36.8 Å². The minimum Gasteiger partial charge on any atom is -0.443 e. The van der Waals surface area contributed by atoms with E-state index in [4.69, 9.17) is 16.3 Å². The molecule has 0 saturated carbocycles. The van der Waals surface area contributed by atoms with Crippen molar-refractivity contribution in [2.24, 2.45) is 0 Å². The Labute approximate surface area is 218 Å². The van der Waals surface area contributed by atoms with Crippen LogP contribution >= 0.6 is 11.6 Å². The maximum Gasteiger partial charge on any atom is 0.425 e. The summed E-state index contributed by atoms with van der Waals surface area (Å²) in [6, 6.07) is 6.51. The van der Waals surface area contributed by atoms with E-state index >= 15 is 0 Å². The fraction of sp³-hybridized carbons (Fsp3) is 0.545. The number of benzene rings is 1. The van der Waals surface area contributed by atoms with Crippen molar-refractivity contribution in [1.82, 2.24) is 22.3 Å². The third-order valence-electron chi connectivity index (χ3n) is 4.86. The van der Waals surface area contributed by atoms with Gasteiger partial charge in [-0.25, -0.2) is 13.8 Å². The lowest BCUT2D eigenvalue weighted by molar-refractivity contribution is 0.0379. The van der Waals surface area contributed by atoms with Crippen LogP contribution < -0.4 is 4.72 Å². The Bertz CT molecular complexity index is 1220. The highest BCUT2D eigenvalue weighted by Crippen LogP contribution is 2.17. The highest BCUT2D eigenvalue weighted by molar-refractivity contribution is 7.87. The summed E-state index contributed by atoms with van der Waals surface area (Å²) in [5, 5.41) is 0.495. The van der Waals surface area contributed by atoms with E-state index in [1.165, 1.54) is 26.6 Å². The van der Waals surface area contributed by atoms with E-state index in [9.17, 15) is 21.6 Å². The van der Waals surface area contributed by atoms with Gasteiger partial charge in [0.05, 0.1) is 12.2 Å². The molecule has 0 fully saturated rings. The van der Waals surface area contributed by atoms with Crippen molar-refractivity contribution in [2.75, 3.05) is 20.6 Å². The number of amides is 1. The van der Waals surface area contributed by atoms with Crippen molar-refractivity contribution in [1.29, 1.82) is 0 Å². The second-order valence-electron chi connectivity index (χ2n) is 9.31. The number of imidazole rings is 1. The normalized spacial score (nSPS) is 12.6. The lowest BCUT2D eigenvalue weighted by Crippen LogP contribution is -2.46. The smallest absolute Gasteiger partial charge is 0.425 e. The second-order valence-corrected chi connectivity index (χ2v) is 13.5. The molecule has 0 unspecified atom stereocenters. The SMILES string of the molecule is CN(C)S(=O)(=O)n1cnc(CCCCCNS(=O)(=O)N(Cc2ccc(Cl)cc2)C(=O)OC(C)(C)C)c1. The lowest BCUT2D eigenvalue weighted by atomic mass is 10.1. The van der Waals surface area contributed by atoms with Crippen LogP contribution in [0.1, 0.15) is 51.3 Å². The van der Waals surface area contributed by atoms with E-state index in [-0.39, 0.29) is 13.1 Å². The maximum absolute atomic E-state index is 12.9. The van der Waals surface area contributed by atoms with Crippen molar-refractivity contribution in [3.63, 3.8) is 0 Å². The molecule has 1 aromatic heterocycles. The summed E-state index contributed by atoms with van der Waals surface area (Å²) in [4.78, 5) is 16.8. The van der Waals surface area contributed by atoms with Gasteiger partial charge in [0, 0.05) is 31.9 Å². The summed E-state index contributed by atoms with van der Waals surface area (Å²) in [5.41, 5.74) is 0.329. The molecule has 36 heavy (non-hydrogen) atoms. The zero-order chi connectivity index (χ0) is 27.1. The van der Waals surface area contributed by atoms with Crippen LogP contribution in [0.5, 0.6) is 0 Å². The summed E-state index contributed by atoms with van der Waals surface area (Å²) >= 11 is 5.90. The molecular formula is C22H34ClN5O6S2. The van der Waals surface area contributed by atoms with Crippen LogP contribution in [-0.2, 0) is 38.1 Å². The minimum atomic E-state index is -4.17. The average Bonchev–Trinajstić information content (AvgIpc) is 3.24. The van der Waals surface area contributed by atoms with Gasteiger partial charge < -0.3 is 4.74 Å². The highest BCUT2D eigenvalue weighted by atomic mass is 35.5. The van der Waals surface area contributed by atoms with Gasteiger partial charge in [-0.3, -0.25) is 0 Å². The first-order chi connectivity index (χ1) is 16.6. The van der Waals surface area contributed by atoms with E-state index in [0.717, 1.165) is 8.28 Å². The number of carbonyl (C=O) groups excluding carboxylic acids is 1. The number of rotatable bonds is 12. The summed E-state index contributed by atoms with van der Waals surface area (Å²) in [7, 11) is -4.90. The van der Waals surface area contributed by atoms with Gasteiger partial charge in [-0.15, -0.1) is 0 Å². The number of nitrogens with zero attached hydrogens (tertiary/aromatic N) is 4. The van der Waals surface area contributed by atoms with Crippen LogP contribution in [0, 0.1) is 0 Å². The Morgan fingerprint density at radius 1 is 1.08 bits per heavy atom. The molecule has 14 heteroatoms. The fourth-order valence-corrected chi connectivity index (χ4v) is 5.03. The van der Waals surface area contributed by atoms with Gasteiger partial charge in [0.25, 0.3) is 0 Å².